The van der Waals surface area contributed by atoms with Crippen LogP contribution in [0.4, 0.5) is 5.82 Å². The van der Waals surface area contributed by atoms with Crippen molar-refractivity contribution in [2.24, 2.45) is 0 Å². The monoisotopic (exact) mass is 248 g/mol. The molecule has 1 rings (SSSR count). The molecule has 0 bridgehead atoms. The van der Waals surface area contributed by atoms with E-state index in [1.54, 1.807) is 6.92 Å². The Morgan fingerprint density at radius 1 is 1.53 bits per heavy atom. The fourth-order valence-electron chi connectivity index (χ4n) is 1.45. The summed E-state index contributed by atoms with van der Waals surface area (Å²) in [5, 5.41) is 0.133. The second-order valence-corrected chi connectivity index (χ2v) is 4.99. The van der Waals surface area contributed by atoms with Gasteiger partial charge < -0.3 is 5.73 Å². The quantitative estimate of drug-likeness (QED) is 0.644. The number of aromatic nitrogens is 1. The summed E-state index contributed by atoms with van der Waals surface area (Å²) in [6.07, 6.45) is 0.702. The zero-order valence-corrected chi connectivity index (χ0v) is 11.1. The van der Waals surface area contributed by atoms with Crippen molar-refractivity contribution < 1.29 is 4.79 Å². The molecule has 0 unspecified atom stereocenters. The molecule has 1 aromatic heterocycles. The van der Waals surface area contributed by atoms with Gasteiger partial charge in [0, 0.05) is 24.7 Å². The standard InChI is InChI=1S/C13H16N2OS/c1-9-8-13(14)15-10(2)12(9)6-4-5-7-17-11(3)16/h8H,5,7H2,1-3H3,(H2,14,15). The highest BCUT2D eigenvalue weighted by atomic mass is 32.2. The highest BCUT2D eigenvalue weighted by molar-refractivity contribution is 8.13. The van der Waals surface area contributed by atoms with Crippen molar-refractivity contribution in [2.75, 3.05) is 11.5 Å². The molecule has 0 radical (unpaired) electrons. The fraction of sp³-hybridized carbons (Fsp3) is 0.385. The van der Waals surface area contributed by atoms with E-state index in [1.807, 2.05) is 19.9 Å². The van der Waals surface area contributed by atoms with Crippen molar-refractivity contribution in [2.45, 2.75) is 27.2 Å². The average Bonchev–Trinajstić information content (AvgIpc) is 2.20. The first-order valence-corrected chi connectivity index (χ1v) is 6.35. The molecule has 17 heavy (non-hydrogen) atoms. The van der Waals surface area contributed by atoms with Crippen LogP contribution < -0.4 is 5.73 Å². The van der Waals surface area contributed by atoms with Gasteiger partial charge in [-0.15, -0.1) is 0 Å². The maximum Gasteiger partial charge on any atom is 0.185 e. The number of pyridine rings is 1. The summed E-state index contributed by atoms with van der Waals surface area (Å²) in [5.74, 6) is 7.41. The number of nitrogens with zero attached hydrogens (tertiary/aromatic N) is 1. The van der Waals surface area contributed by atoms with Crippen LogP contribution >= 0.6 is 11.8 Å². The van der Waals surface area contributed by atoms with E-state index in [2.05, 4.69) is 16.8 Å². The molecule has 0 aliphatic heterocycles. The summed E-state index contributed by atoms with van der Waals surface area (Å²) in [7, 11) is 0. The van der Waals surface area contributed by atoms with Crippen molar-refractivity contribution in [3.05, 3.63) is 22.9 Å². The first kappa shape index (κ1) is 13.6. The zero-order chi connectivity index (χ0) is 12.8. The number of carbonyl (C=O) groups excluding carboxylic acids is 1. The van der Waals surface area contributed by atoms with Gasteiger partial charge >= 0.3 is 0 Å². The Morgan fingerprint density at radius 2 is 2.24 bits per heavy atom. The number of carbonyl (C=O) groups is 1. The third kappa shape index (κ3) is 4.49. The number of nitrogens with two attached hydrogens (primary N) is 1. The number of rotatable bonds is 2. The van der Waals surface area contributed by atoms with Gasteiger partial charge in [-0.1, -0.05) is 23.6 Å². The average molecular weight is 248 g/mol. The zero-order valence-electron chi connectivity index (χ0n) is 10.3. The van der Waals surface area contributed by atoms with Gasteiger partial charge in [-0.2, -0.15) is 0 Å². The van der Waals surface area contributed by atoms with E-state index in [-0.39, 0.29) is 5.12 Å². The van der Waals surface area contributed by atoms with Crippen LogP contribution in [0.2, 0.25) is 0 Å². The Bertz CT molecular complexity index is 463. The number of nitrogen functional groups attached to an aromatic ring is 1. The molecule has 0 saturated heterocycles. The van der Waals surface area contributed by atoms with Gasteiger partial charge in [0.1, 0.15) is 5.82 Å². The minimum Gasteiger partial charge on any atom is -0.384 e. The molecule has 0 aliphatic carbocycles. The minimum absolute atomic E-state index is 0.133. The molecule has 0 fully saturated rings. The smallest absolute Gasteiger partial charge is 0.185 e. The Kier molecular flexibility index (Phi) is 5.05. The topological polar surface area (TPSA) is 56.0 Å². The first-order valence-electron chi connectivity index (χ1n) is 5.36. The van der Waals surface area contributed by atoms with Crippen LogP contribution in [0.3, 0.4) is 0 Å². The summed E-state index contributed by atoms with van der Waals surface area (Å²) in [6.45, 7) is 5.44. The molecule has 0 aliphatic rings. The number of aryl methyl sites for hydroxylation is 2. The summed E-state index contributed by atoms with van der Waals surface area (Å²) < 4.78 is 0. The van der Waals surface area contributed by atoms with Gasteiger partial charge in [0.05, 0.1) is 5.69 Å². The lowest BCUT2D eigenvalue weighted by molar-refractivity contribution is -0.109. The van der Waals surface area contributed by atoms with Crippen molar-refractivity contribution in [1.82, 2.24) is 4.98 Å². The molecule has 0 atom stereocenters. The van der Waals surface area contributed by atoms with E-state index >= 15 is 0 Å². The summed E-state index contributed by atoms with van der Waals surface area (Å²) in [4.78, 5) is 14.9. The molecule has 0 saturated carbocycles. The summed E-state index contributed by atoms with van der Waals surface area (Å²) >= 11 is 1.30. The van der Waals surface area contributed by atoms with Crippen molar-refractivity contribution in [3.63, 3.8) is 0 Å². The molecule has 1 aromatic rings. The molecule has 2 N–H and O–H groups in total. The molecule has 3 nitrogen and oxygen atoms in total. The second kappa shape index (κ2) is 6.31. The highest BCUT2D eigenvalue weighted by Crippen LogP contribution is 2.13. The van der Waals surface area contributed by atoms with E-state index in [9.17, 15) is 4.79 Å². The van der Waals surface area contributed by atoms with Crippen LogP contribution in [0.15, 0.2) is 6.07 Å². The predicted molar refractivity (Wildman–Crippen MR) is 72.8 cm³/mol. The molecule has 0 spiro atoms. The van der Waals surface area contributed by atoms with Gasteiger partial charge in [-0.3, -0.25) is 4.79 Å². The molecule has 0 aromatic carbocycles. The Labute approximate surface area is 106 Å². The Morgan fingerprint density at radius 3 is 2.82 bits per heavy atom. The lowest BCUT2D eigenvalue weighted by Crippen LogP contribution is -1.97. The number of thioether (sulfide) groups is 1. The van der Waals surface area contributed by atoms with Crippen molar-refractivity contribution in [3.8, 4) is 11.8 Å². The number of hydrogen-bond donors (Lipinski definition) is 1. The third-order valence-electron chi connectivity index (χ3n) is 2.16. The summed E-state index contributed by atoms with van der Waals surface area (Å²) in [6, 6.07) is 1.82. The third-order valence-corrected chi connectivity index (χ3v) is 2.98. The van der Waals surface area contributed by atoms with E-state index in [4.69, 9.17) is 5.73 Å². The molecule has 90 valence electrons. The van der Waals surface area contributed by atoms with Crippen molar-refractivity contribution >= 4 is 22.7 Å². The highest BCUT2D eigenvalue weighted by Gasteiger charge is 2.01. The van der Waals surface area contributed by atoms with E-state index in [0.717, 1.165) is 22.6 Å². The van der Waals surface area contributed by atoms with Crippen LogP contribution in [-0.4, -0.2) is 15.9 Å². The maximum atomic E-state index is 10.7. The number of hydrogen-bond acceptors (Lipinski definition) is 4. The van der Waals surface area contributed by atoms with E-state index in [0.29, 0.717) is 12.2 Å². The van der Waals surface area contributed by atoms with Gasteiger partial charge in [-0.25, -0.2) is 4.98 Å². The van der Waals surface area contributed by atoms with Gasteiger partial charge in [-0.05, 0) is 25.5 Å². The lowest BCUT2D eigenvalue weighted by atomic mass is 10.1. The molecule has 4 heteroatoms. The van der Waals surface area contributed by atoms with E-state index < -0.39 is 0 Å². The van der Waals surface area contributed by atoms with Gasteiger partial charge in [0.15, 0.2) is 5.12 Å². The molecule has 0 amide bonds. The number of anilines is 1. The second-order valence-electron chi connectivity index (χ2n) is 3.72. The van der Waals surface area contributed by atoms with Crippen LogP contribution in [-0.2, 0) is 4.79 Å². The molecular weight excluding hydrogens is 232 g/mol. The van der Waals surface area contributed by atoms with E-state index in [1.165, 1.54) is 11.8 Å². The van der Waals surface area contributed by atoms with Crippen LogP contribution in [0.5, 0.6) is 0 Å². The normalized spacial score (nSPS) is 9.59. The fourth-order valence-corrected chi connectivity index (χ4v) is 1.94. The molecule has 1 heterocycles. The molecular formula is C13H16N2OS. The maximum absolute atomic E-state index is 10.7. The minimum atomic E-state index is 0.133. The van der Waals surface area contributed by atoms with Crippen LogP contribution in [0, 0.1) is 25.7 Å². The first-order chi connectivity index (χ1) is 8.00. The Hall–Kier alpha value is -1.47. The lowest BCUT2D eigenvalue weighted by Gasteiger charge is -2.03. The van der Waals surface area contributed by atoms with Gasteiger partial charge in [0.2, 0.25) is 0 Å². The predicted octanol–water partition coefficient (Wildman–Crippen LogP) is 2.30. The SMILES string of the molecule is CC(=O)SCCC#Cc1c(C)cc(N)nc1C. The largest absolute Gasteiger partial charge is 0.384 e. The van der Waals surface area contributed by atoms with Crippen LogP contribution in [0.25, 0.3) is 0 Å². The van der Waals surface area contributed by atoms with Gasteiger partial charge in [0.25, 0.3) is 0 Å². The Balaban J connectivity index is 2.69. The van der Waals surface area contributed by atoms with Crippen LogP contribution in [0.1, 0.15) is 30.2 Å². The van der Waals surface area contributed by atoms with Crippen molar-refractivity contribution in [1.29, 1.82) is 0 Å². The summed E-state index contributed by atoms with van der Waals surface area (Å²) in [5.41, 5.74) is 8.47.